The van der Waals surface area contributed by atoms with Crippen molar-refractivity contribution in [1.82, 2.24) is 9.88 Å². The van der Waals surface area contributed by atoms with E-state index in [1.54, 1.807) is 0 Å². The van der Waals surface area contributed by atoms with E-state index >= 15 is 0 Å². The molecule has 1 aliphatic carbocycles. The predicted octanol–water partition coefficient (Wildman–Crippen LogP) is 2.96. The second-order valence-electron chi connectivity index (χ2n) is 7.36. The summed E-state index contributed by atoms with van der Waals surface area (Å²) in [6.07, 6.45) is 3.05. The monoisotopic (exact) mass is 352 g/mol. The molecule has 1 N–H and O–H groups in total. The van der Waals surface area contributed by atoms with Crippen LogP contribution < -0.4 is 0 Å². The van der Waals surface area contributed by atoms with Crippen molar-refractivity contribution in [2.45, 2.75) is 25.8 Å². The third-order valence-corrected chi connectivity index (χ3v) is 6.08. The first-order valence-corrected chi connectivity index (χ1v) is 9.11. The highest BCUT2D eigenvalue weighted by Crippen LogP contribution is 2.41. The van der Waals surface area contributed by atoms with Gasteiger partial charge in [0.1, 0.15) is 0 Å². The number of para-hydroxylation sites is 1. The molecule has 5 heteroatoms. The van der Waals surface area contributed by atoms with Crippen molar-refractivity contribution in [1.29, 1.82) is 0 Å². The van der Waals surface area contributed by atoms with Crippen LogP contribution in [0.4, 0.5) is 0 Å². The lowest BCUT2D eigenvalue weighted by molar-refractivity contribution is -0.150. The molecule has 2 aliphatic rings. The van der Waals surface area contributed by atoms with E-state index in [9.17, 15) is 9.59 Å². The summed E-state index contributed by atoms with van der Waals surface area (Å²) in [7, 11) is 3.49. The number of hydrogen-bond acceptors (Lipinski definition) is 4. The maximum Gasteiger partial charge on any atom is 0.310 e. The van der Waals surface area contributed by atoms with Crippen molar-refractivity contribution >= 4 is 22.7 Å². The maximum absolute atomic E-state index is 13.1. The SMILES string of the molecule is C/C=C1\CN(C)[C@H]2Cc3c([nH]c4ccccc34)C(=O)C[C@@H]1[C@H]2C(=O)OC. The van der Waals surface area contributed by atoms with Crippen LogP contribution in [-0.4, -0.2) is 48.4 Å². The molecule has 0 radical (unpaired) electrons. The number of esters is 1. The van der Waals surface area contributed by atoms with E-state index in [2.05, 4.69) is 16.9 Å². The number of rotatable bonds is 1. The molecule has 4 rings (SSSR count). The molecule has 1 aliphatic heterocycles. The van der Waals surface area contributed by atoms with Gasteiger partial charge in [-0.25, -0.2) is 0 Å². The van der Waals surface area contributed by atoms with Crippen molar-refractivity contribution in [3.05, 3.63) is 47.2 Å². The molecule has 1 saturated heterocycles. The van der Waals surface area contributed by atoms with Gasteiger partial charge in [-0.05, 0) is 32.0 Å². The predicted molar refractivity (Wildman–Crippen MR) is 100 cm³/mol. The molecule has 5 nitrogen and oxygen atoms in total. The van der Waals surface area contributed by atoms with E-state index in [0.29, 0.717) is 18.5 Å². The number of likely N-dealkylation sites (N-methyl/N-ethyl adjacent to an activating group) is 1. The van der Waals surface area contributed by atoms with Gasteiger partial charge in [0, 0.05) is 35.8 Å². The van der Waals surface area contributed by atoms with E-state index in [1.807, 2.05) is 37.3 Å². The fourth-order valence-corrected chi connectivity index (χ4v) is 4.76. The van der Waals surface area contributed by atoms with Gasteiger partial charge in [0.2, 0.25) is 0 Å². The number of carbonyl (C=O) groups is 2. The van der Waals surface area contributed by atoms with Crippen LogP contribution in [0.2, 0.25) is 0 Å². The number of ketones is 1. The Balaban J connectivity index is 1.91. The van der Waals surface area contributed by atoms with Crippen LogP contribution in [0.5, 0.6) is 0 Å². The zero-order chi connectivity index (χ0) is 18.4. The van der Waals surface area contributed by atoms with Gasteiger partial charge in [-0.2, -0.15) is 0 Å². The molecule has 1 fully saturated rings. The Hall–Kier alpha value is -2.40. The van der Waals surface area contributed by atoms with Gasteiger partial charge in [-0.15, -0.1) is 0 Å². The fraction of sp³-hybridized carbons (Fsp3) is 0.429. The number of fused-ring (bicyclic) bond motifs is 5. The number of likely N-dealkylation sites (tertiary alicyclic amines) is 1. The largest absolute Gasteiger partial charge is 0.469 e. The molecule has 1 aromatic carbocycles. The van der Waals surface area contributed by atoms with E-state index in [4.69, 9.17) is 4.74 Å². The molecule has 1 aromatic heterocycles. The fourth-order valence-electron chi connectivity index (χ4n) is 4.76. The van der Waals surface area contributed by atoms with Crippen molar-refractivity contribution < 1.29 is 14.3 Å². The lowest BCUT2D eigenvalue weighted by Gasteiger charge is -2.45. The summed E-state index contributed by atoms with van der Waals surface area (Å²) in [5.74, 6) is -0.559. The number of nitrogens with one attached hydrogen (secondary N) is 1. The van der Waals surface area contributed by atoms with E-state index in [0.717, 1.165) is 28.6 Å². The molecule has 0 amide bonds. The van der Waals surface area contributed by atoms with Crippen molar-refractivity contribution in [3.8, 4) is 0 Å². The van der Waals surface area contributed by atoms with Gasteiger partial charge >= 0.3 is 5.97 Å². The molecule has 0 spiro atoms. The number of nitrogens with zero attached hydrogens (tertiary/aromatic N) is 1. The number of methoxy groups -OCH3 is 1. The molecule has 26 heavy (non-hydrogen) atoms. The molecule has 2 bridgehead atoms. The highest BCUT2D eigenvalue weighted by atomic mass is 16.5. The first kappa shape index (κ1) is 17.0. The zero-order valence-electron chi connectivity index (χ0n) is 15.4. The van der Waals surface area contributed by atoms with Crippen LogP contribution in [0.1, 0.15) is 29.4 Å². The molecule has 2 aromatic rings. The minimum absolute atomic E-state index is 0.0159. The van der Waals surface area contributed by atoms with Crippen LogP contribution in [0.3, 0.4) is 0 Å². The number of carbonyl (C=O) groups excluding carboxylic acids is 2. The number of aromatic nitrogens is 1. The van der Waals surface area contributed by atoms with Gasteiger partial charge in [0.25, 0.3) is 0 Å². The van der Waals surface area contributed by atoms with Crippen LogP contribution in [0.25, 0.3) is 10.9 Å². The first-order chi connectivity index (χ1) is 12.5. The summed E-state index contributed by atoms with van der Waals surface area (Å²) in [5, 5.41) is 1.07. The average molecular weight is 352 g/mol. The minimum atomic E-state index is -0.323. The van der Waals surface area contributed by atoms with Crippen LogP contribution >= 0.6 is 0 Å². The molecular weight excluding hydrogens is 328 g/mol. The van der Waals surface area contributed by atoms with Crippen LogP contribution in [-0.2, 0) is 16.0 Å². The van der Waals surface area contributed by atoms with Crippen molar-refractivity contribution in [3.63, 3.8) is 0 Å². The second-order valence-corrected chi connectivity index (χ2v) is 7.36. The smallest absolute Gasteiger partial charge is 0.310 e. The van der Waals surface area contributed by atoms with Gasteiger partial charge in [0.15, 0.2) is 5.78 Å². The van der Waals surface area contributed by atoms with Gasteiger partial charge in [-0.3, -0.25) is 14.5 Å². The quantitative estimate of drug-likeness (QED) is 0.633. The van der Waals surface area contributed by atoms with Crippen molar-refractivity contribution in [2.24, 2.45) is 11.8 Å². The van der Waals surface area contributed by atoms with Crippen LogP contribution in [0.15, 0.2) is 35.9 Å². The summed E-state index contributed by atoms with van der Waals surface area (Å²) in [6.45, 7) is 2.76. The summed E-state index contributed by atoms with van der Waals surface area (Å²) in [5.41, 5.74) is 3.85. The highest BCUT2D eigenvalue weighted by molar-refractivity contribution is 6.03. The normalized spacial score (nSPS) is 27.9. The van der Waals surface area contributed by atoms with E-state index in [-0.39, 0.29) is 29.6 Å². The summed E-state index contributed by atoms with van der Waals surface area (Å²) in [6, 6.07) is 8.02. The Morgan fingerprint density at radius 1 is 1.31 bits per heavy atom. The number of allylic oxidation sites excluding steroid dienone is 1. The third kappa shape index (κ3) is 2.50. The first-order valence-electron chi connectivity index (χ1n) is 9.11. The topological polar surface area (TPSA) is 62.4 Å². The highest BCUT2D eigenvalue weighted by Gasteiger charge is 2.46. The Morgan fingerprint density at radius 3 is 2.81 bits per heavy atom. The Labute approximate surface area is 153 Å². The molecule has 3 atom stereocenters. The number of benzene rings is 1. The second kappa shape index (κ2) is 6.40. The van der Waals surface area contributed by atoms with E-state index < -0.39 is 0 Å². The minimum Gasteiger partial charge on any atom is -0.469 e. The molecule has 136 valence electrons. The van der Waals surface area contributed by atoms with Gasteiger partial charge in [0.05, 0.1) is 18.7 Å². The van der Waals surface area contributed by atoms with Gasteiger partial charge in [-0.1, -0.05) is 29.8 Å². The van der Waals surface area contributed by atoms with Crippen molar-refractivity contribution in [2.75, 3.05) is 20.7 Å². The Kier molecular flexibility index (Phi) is 4.19. The standard InChI is InChI=1S/C21H24N2O3/c1-4-12-11-23(2)17-9-15-13-7-5-6-8-16(13)22-20(15)18(24)10-14(12)19(17)21(25)26-3/h4-8,14,17,19,22H,9-11H2,1-3H3/b12-4+/t14-,17-,19+/m0/s1. The average Bonchev–Trinajstić information content (AvgIpc) is 3.01. The van der Waals surface area contributed by atoms with Crippen LogP contribution in [0, 0.1) is 11.8 Å². The summed E-state index contributed by atoms with van der Waals surface area (Å²) >= 11 is 0. The lowest BCUT2D eigenvalue weighted by Crippen LogP contribution is -2.54. The molecular formula is C21H24N2O3. The Morgan fingerprint density at radius 2 is 2.08 bits per heavy atom. The molecule has 0 saturated carbocycles. The Bertz CT molecular complexity index is 911. The summed E-state index contributed by atoms with van der Waals surface area (Å²) < 4.78 is 5.14. The molecule has 0 unspecified atom stereocenters. The number of Topliss-reactive ketones (excluding diaryl/α,β-unsaturated/α-hetero) is 1. The van der Waals surface area contributed by atoms with E-state index in [1.165, 1.54) is 7.11 Å². The maximum atomic E-state index is 13.1. The number of ether oxygens (including phenoxy) is 1. The molecule has 2 heterocycles. The number of hydrogen-bond donors (Lipinski definition) is 1. The zero-order valence-corrected chi connectivity index (χ0v) is 15.4. The lowest BCUT2D eigenvalue weighted by atomic mass is 9.70. The number of piperidine rings is 1. The number of H-pyrrole nitrogens is 1. The van der Waals surface area contributed by atoms with Gasteiger partial charge < -0.3 is 9.72 Å². The third-order valence-electron chi connectivity index (χ3n) is 6.08. The summed E-state index contributed by atoms with van der Waals surface area (Å²) in [4.78, 5) is 31.3. The number of aromatic amines is 1.